The van der Waals surface area contributed by atoms with Crippen LogP contribution < -0.4 is 0 Å². The Morgan fingerprint density at radius 1 is 0.927 bits per heavy atom. The number of carbonyl (C=O) groups is 1. The molecular formula is C26H18N6O7S2. The number of carbonyl (C=O) groups excluding carboxylic acids is 1. The smallest absolute Gasteiger partial charge is 0.282 e. The third-order valence-electron chi connectivity index (χ3n) is 6.18. The average Bonchev–Trinajstić information content (AvgIpc) is 3.31. The quantitative estimate of drug-likeness (QED) is 0.238. The Hall–Kier alpha value is -4.88. The highest BCUT2D eigenvalue weighted by atomic mass is 32.2. The van der Waals surface area contributed by atoms with E-state index in [1.54, 1.807) is 31.2 Å². The van der Waals surface area contributed by atoms with Crippen LogP contribution in [-0.4, -0.2) is 47.1 Å². The molecule has 15 heteroatoms. The van der Waals surface area contributed by atoms with Crippen molar-refractivity contribution in [2.45, 2.75) is 23.3 Å². The maximum absolute atomic E-state index is 13.4. The molecule has 2 heterocycles. The number of hydrogen-bond acceptors (Lipinski definition) is 10. The molecule has 13 nitrogen and oxygen atoms in total. The van der Waals surface area contributed by atoms with Crippen molar-refractivity contribution in [1.82, 2.24) is 9.55 Å². The number of nitriles is 1. The normalized spacial score (nSPS) is 15.1. The van der Waals surface area contributed by atoms with Crippen molar-refractivity contribution < 1.29 is 30.7 Å². The van der Waals surface area contributed by atoms with Gasteiger partial charge in [-0.1, -0.05) is 18.2 Å². The third kappa shape index (κ3) is 5.32. The van der Waals surface area contributed by atoms with Crippen molar-refractivity contribution in [1.29, 1.82) is 5.26 Å². The minimum absolute atomic E-state index is 0.0407. The van der Waals surface area contributed by atoms with E-state index in [1.165, 1.54) is 28.8 Å². The van der Waals surface area contributed by atoms with Gasteiger partial charge in [-0.15, -0.1) is 0 Å². The van der Waals surface area contributed by atoms with Gasteiger partial charge in [-0.3, -0.25) is 23.5 Å². The number of nitrogens with zero attached hydrogens (tertiary/aromatic N) is 6. The molecule has 0 saturated carbocycles. The average molecular weight is 591 g/mol. The molecule has 206 valence electrons. The van der Waals surface area contributed by atoms with Gasteiger partial charge in [0.05, 0.1) is 33.8 Å². The van der Waals surface area contributed by atoms with Gasteiger partial charge in [0.2, 0.25) is 0 Å². The Kier molecular flexibility index (Phi) is 6.93. The van der Waals surface area contributed by atoms with Gasteiger partial charge >= 0.3 is 0 Å². The van der Waals surface area contributed by atoms with E-state index in [1.807, 2.05) is 0 Å². The Morgan fingerprint density at radius 2 is 1.59 bits per heavy atom. The van der Waals surface area contributed by atoms with Crippen LogP contribution in [0.4, 0.5) is 11.4 Å². The van der Waals surface area contributed by atoms with Crippen LogP contribution in [0.15, 0.2) is 97.3 Å². The Bertz CT molecular complexity index is 2110. The molecule has 0 unspecified atom stereocenters. The monoisotopic (exact) mass is 590 g/mol. The molecule has 1 aromatic heterocycles. The summed E-state index contributed by atoms with van der Waals surface area (Å²) in [6, 6.07) is 17.5. The number of fused-ring (bicyclic) bond motifs is 3. The van der Waals surface area contributed by atoms with Gasteiger partial charge in [0.25, 0.3) is 26.1 Å². The van der Waals surface area contributed by atoms with Gasteiger partial charge in [0.1, 0.15) is 22.2 Å². The number of allylic oxidation sites excluding steroid dienone is 2. The lowest BCUT2D eigenvalue weighted by atomic mass is 10.0. The fourth-order valence-corrected chi connectivity index (χ4v) is 5.43. The van der Waals surface area contributed by atoms with Crippen molar-refractivity contribution >= 4 is 59.8 Å². The highest BCUT2D eigenvalue weighted by Crippen LogP contribution is 2.30. The van der Waals surface area contributed by atoms with Crippen molar-refractivity contribution in [3.05, 3.63) is 83.7 Å². The second-order valence-electron chi connectivity index (χ2n) is 8.78. The van der Waals surface area contributed by atoms with Crippen molar-refractivity contribution in [3.8, 4) is 6.07 Å². The second kappa shape index (κ2) is 10.3. The van der Waals surface area contributed by atoms with Gasteiger partial charge in [-0.05, 0) is 61.0 Å². The van der Waals surface area contributed by atoms with E-state index in [2.05, 4.69) is 26.3 Å². The largest absolute Gasteiger partial charge is 0.294 e. The Labute approximate surface area is 233 Å². The molecule has 4 aromatic rings. The molecule has 0 bridgehead atoms. The summed E-state index contributed by atoms with van der Waals surface area (Å²) in [6.07, 6.45) is 0. The maximum Gasteiger partial charge on any atom is 0.294 e. The highest BCUT2D eigenvalue weighted by Gasteiger charge is 2.32. The standard InChI is InChI=1S/C26H18N6O7S2/c1-15-20(13-27)25-29-21-4-2-3-5-22(21)32(25)26(33)24(15)28-14-16-6-7-18(12-23(16)41(37,38)39)31-30-17-8-10-19(11-9-17)40(34,35)36/h2-12H,14H2,1H3,(H,34,35,36)(H,37,38,39)/b28-24+,31-30?. The van der Waals surface area contributed by atoms with Gasteiger partial charge in [0, 0.05) is 5.57 Å². The van der Waals surface area contributed by atoms with Crippen LogP contribution in [0.3, 0.4) is 0 Å². The van der Waals surface area contributed by atoms with Crippen LogP contribution >= 0.6 is 0 Å². The second-order valence-corrected chi connectivity index (χ2v) is 11.6. The van der Waals surface area contributed by atoms with E-state index < -0.39 is 31.0 Å². The molecule has 0 fully saturated rings. The first-order valence-corrected chi connectivity index (χ1v) is 14.5. The number of rotatable bonds is 6. The summed E-state index contributed by atoms with van der Waals surface area (Å²) in [6.45, 7) is 1.22. The van der Waals surface area contributed by atoms with Crippen molar-refractivity contribution in [2.75, 3.05) is 0 Å². The Morgan fingerprint density at radius 3 is 2.24 bits per heavy atom. The molecule has 0 radical (unpaired) electrons. The predicted molar refractivity (Wildman–Crippen MR) is 146 cm³/mol. The number of aromatic nitrogens is 2. The van der Waals surface area contributed by atoms with E-state index in [0.717, 1.165) is 18.2 Å². The molecule has 2 N–H and O–H groups in total. The van der Waals surface area contributed by atoms with Crippen LogP contribution in [0, 0.1) is 11.3 Å². The molecule has 0 amide bonds. The van der Waals surface area contributed by atoms with E-state index in [-0.39, 0.29) is 51.1 Å². The fourth-order valence-electron chi connectivity index (χ4n) is 4.21. The lowest BCUT2D eigenvalue weighted by Crippen LogP contribution is -2.29. The first kappa shape index (κ1) is 27.7. The lowest BCUT2D eigenvalue weighted by molar-refractivity contribution is 0.0992. The summed E-state index contributed by atoms with van der Waals surface area (Å²) in [5, 5.41) is 17.6. The topological polar surface area (TPSA) is 204 Å². The number of aliphatic imine (C=N–C) groups is 1. The molecular weight excluding hydrogens is 572 g/mol. The van der Waals surface area contributed by atoms with Crippen LogP contribution in [0.1, 0.15) is 23.1 Å². The van der Waals surface area contributed by atoms with Gasteiger partial charge in [-0.25, -0.2) is 4.98 Å². The molecule has 41 heavy (non-hydrogen) atoms. The van der Waals surface area contributed by atoms with Crippen LogP contribution in [-0.2, 0) is 26.8 Å². The maximum atomic E-state index is 13.4. The zero-order valence-corrected chi connectivity index (χ0v) is 22.6. The molecule has 0 spiro atoms. The molecule has 0 atom stereocenters. The van der Waals surface area contributed by atoms with E-state index >= 15 is 0 Å². The first-order chi connectivity index (χ1) is 19.4. The minimum atomic E-state index is -4.75. The SMILES string of the molecule is CC1=C(C#N)c2nc3ccccc3n2C(=O)/C1=N/Cc1ccc(N=Nc2ccc(S(=O)(=O)O)cc2)cc1S(=O)(=O)O. The Balaban J connectivity index is 1.49. The molecule has 0 saturated heterocycles. The summed E-state index contributed by atoms with van der Waals surface area (Å²) in [5.41, 5.74) is 1.67. The minimum Gasteiger partial charge on any atom is -0.282 e. The molecule has 3 aromatic carbocycles. The predicted octanol–water partition coefficient (Wildman–Crippen LogP) is 4.54. The molecule has 1 aliphatic rings. The van der Waals surface area contributed by atoms with Crippen molar-refractivity contribution in [3.63, 3.8) is 0 Å². The van der Waals surface area contributed by atoms with E-state index in [9.17, 15) is 31.4 Å². The van der Waals surface area contributed by atoms with E-state index in [0.29, 0.717) is 11.0 Å². The number of hydrogen-bond donors (Lipinski definition) is 2. The number of imidazole rings is 1. The zero-order chi connectivity index (χ0) is 29.5. The number of para-hydroxylation sites is 2. The fraction of sp³-hybridized carbons (Fsp3) is 0.0769. The van der Waals surface area contributed by atoms with Gasteiger partial charge in [0.15, 0.2) is 5.82 Å². The summed E-state index contributed by atoms with van der Waals surface area (Å²) in [5.74, 6) is -0.347. The number of azo groups is 1. The summed E-state index contributed by atoms with van der Waals surface area (Å²) in [4.78, 5) is 21.3. The molecule has 5 rings (SSSR count). The summed E-state index contributed by atoms with van der Waals surface area (Å²) < 4.78 is 66.9. The van der Waals surface area contributed by atoms with Gasteiger partial charge < -0.3 is 0 Å². The van der Waals surface area contributed by atoms with Crippen LogP contribution in [0.5, 0.6) is 0 Å². The first-order valence-electron chi connectivity index (χ1n) is 11.7. The summed E-state index contributed by atoms with van der Waals surface area (Å²) >= 11 is 0. The number of benzene rings is 3. The summed E-state index contributed by atoms with van der Waals surface area (Å²) in [7, 11) is -9.14. The van der Waals surface area contributed by atoms with E-state index in [4.69, 9.17) is 4.55 Å². The zero-order valence-electron chi connectivity index (χ0n) is 21.0. The molecule has 1 aliphatic heterocycles. The lowest BCUT2D eigenvalue weighted by Gasteiger charge is -2.17. The van der Waals surface area contributed by atoms with Gasteiger partial charge in [-0.2, -0.15) is 32.3 Å². The van der Waals surface area contributed by atoms with Crippen molar-refractivity contribution in [2.24, 2.45) is 15.2 Å². The third-order valence-corrected chi connectivity index (χ3v) is 7.99. The van der Waals surface area contributed by atoms with Crippen LogP contribution in [0.2, 0.25) is 0 Å². The highest BCUT2D eigenvalue weighted by molar-refractivity contribution is 7.86. The molecule has 0 aliphatic carbocycles. The van der Waals surface area contributed by atoms with Crippen LogP contribution in [0.25, 0.3) is 16.6 Å².